The second kappa shape index (κ2) is 6.15. The second-order valence-corrected chi connectivity index (χ2v) is 6.45. The van der Waals surface area contributed by atoms with Crippen LogP contribution in [0.4, 0.5) is 5.69 Å². The fourth-order valence-corrected chi connectivity index (χ4v) is 3.49. The van der Waals surface area contributed by atoms with E-state index in [9.17, 15) is 9.59 Å². The van der Waals surface area contributed by atoms with E-state index in [4.69, 9.17) is 0 Å². The molecule has 130 valence electrons. The quantitative estimate of drug-likeness (QED) is 0.828. The zero-order chi connectivity index (χ0) is 17.3. The number of nitrogens with one attached hydrogen (secondary N) is 2. The maximum atomic E-state index is 12.5. The van der Waals surface area contributed by atoms with E-state index in [1.807, 2.05) is 18.2 Å². The number of anilines is 1. The van der Waals surface area contributed by atoms with Gasteiger partial charge >= 0.3 is 0 Å². The number of hydrogen-bond donors (Lipinski definition) is 2. The van der Waals surface area contributed by atoms with Crippen LogP contribution in [0.15, 0.2) is 30.6 Å². The molecule has 2 amide bonds. The van der Waals surface area contributed by atoms with Gasteiger partial charge in [0, 0.05) is 18.7 Å². The molecule has 2 aliphatic heterocycles. The molecule has 25 heavy (non-hydrogen) atoms. The number of carbonyl (C=O) groups is 2. The Labute approximate surface area is 144 Å². The number of fused-ring (bicyclic) bond motifs is 1. The molecule has 0 radical (unpaired) electrons. The summed E-state index contributed by atoms with van der Waals surface area (Å²) in [5.41, 5.74) is 0.846. The van der Waals surface area contributed by atoms with Crippen molar-refractivity contribution in [1.29, 1.82) is 0 Å². The van der Waals surface area contributed by atoms with E-state index in [0.29, 0.717) is 31.6 Å². The molecule has 1 fully saturated rings. The molecule has 0 unspecified atom stereocenters. The Balaban J connectivity index is 1.46. The average Bonchev–Trinajstić information content (AvgIpc) is 3.13. The lowest BCUT2D eigenvalue weighted by atomic mass is 9.93. The summed E-state index contributed by atoms with van der Waals surface area (Å²) >= 11 is 0. The third-order valence-corrected chi connectivity index (χ3v) is 4.69. The van der Waals surface area contributed by atoms with Gasteiger partial charge in [0.05, 0.1) is 18.7 Å². The summed E-state index contributed by atoms with van der Waals surface area (Å²) < 4.78 is 1.54. The zero-order valence-corrected chi connectivity index (χ0v) is 13.7. The highest BCUT2D eigenvalue weighted by Gasteiger charge is 2.41. The maximum Gasteiger partial charge on any atom is 0.255 e. The molecule has 1 aromatic heterocycles. The van der Waals surface area contributed by atoms with Gasteiger partial charge in [-0.15, -0.1) is 5.10 Å². The van der Waals surface area contributed by atoms with Gasteiger partial charge in [-0.05, 0) is 35.4 Å². The number of piperidine rings is 1. The summed E-state index contributed by atoms with van der Waals surface area (Å²) in [4.78, 5) is 26.8. The molecule has 1 spiro atoms. The first-order chi connectivity index (χ1) is 12.2. The topological polar surface area (TPSA) is 105 Å². The SMILES string of the molecule is O=C1N[C@@]2(CCCN(C(=O)CCn3cnnn3)C2)Nc2ccccc21. The van der Waals surface area contributed by atoms with Crippen LogP contribution in [-0.2, 0) is 11.3 Å². The van der Waals surface area contributed by atoms with Crippen LogP contribution in [-0.4, -0.2) is 55.7 Å². The minimum atomic E-state index is -0.603. The number of nitrogens with zero attached hydrogens (tertiary/aromatic N) is 5. The molecule has 9 nitrogen and oxygen atoms in total. The van der Waals surface area contributed by atoms with Gasteiger partial charge in [-0.1, -0.05) is 12.1 Å². The van der Waals surface area contributed by atoms with Crippen molar-refractivity contribution < 1.29 is 9.59 Å². The van der Waals surface area contributed by atoms with Gasteiger partial charge in [-0.2, -0.15) is 0 Å². The van der Waals surface area contributed by atoms with E-state index < -0.39 is 5.66 Å². The number of benzene rings is 1. The van der Waals surface area contributed by atoms with E-state index in [1.165, 1.54) is 11.0 Å². The van der Waals surface area contributed by atoms with Crippen LogP contribution in [0, 0.1) is 0 Å². The number of aromatic nitrogens is 4. The predicted molar refractivity (Wildman–Crippen MR) is 88.5 cm³/mol. The Bertz CT molecular complexity index is 792. The number of para-hydroxylation sites is 1. The Morgan fingerprint density at radius 1 is 1.28 bits per heavy atom. The second-order valence-electron chi connectivity index (χ2n) is 6.45. The number of amides is 2. The van der Waals surface area contributed by atoms with Gasteiger partial charge in [-0.3, -0.25) is 9.59 Å². The Morgan fingerprint density at radius 2 is 2.16 bits per heavy atom. The number of carbonyl (C=O) groups excluding carboxylic acids is 2. The van der Waals surface area contributed by atoms with Crippen molar-refractivity contribution in [1.82, 2.24) is 30.4 Å². The molecule has 3 heterocycles. The molecule has 1 saturated heterocycles. The molecule has 0 aliphatic carbocycles. The van der Waals surface area contributed by atoms with Crippen LogP contribution < -0.4 is 10.6 Å². The minimum absolute atomic E-state index is 0.0319. The van der Waals surface area contributed by atoms with Crippen molar-refractivity contribution in [3.05, 3.63) is 36.2 Å². The summed E-state index contributed by atoms with van der Waals surface area (Å²) in [5, 5.41) is 17.4. The number of tetrazole rings is 1. The summed E-state index contributed by atoms with van der Waals surface area (Å²) in [6.07, 6.45) is 3.42. The number of hydrogen-bond acceptors (Lipinski definition) is 6. The van der Waals surface area contributed by atoms with E-state index in [-0.39, 0.29) is 11.8 Å². The predicted octanol–water partition coefficient (Wildman–Crippen LogP) is 0.237. The number of likely N-dealkylation sites (tertiary alicyclic amines) is 1. The van der Waals surface area contributed by atoms with Crippen LogP contribution in [0.2, 0.25) is 0 Å². The average molecular weight is 341 g/mol. The van der Waals surface area contributed by atoms with Gasteiger partial charge in [-0.25, -0.2) is 4.68 Å². The highest BCUT2D eigenvalue weighted by atomic mass is 16.2. The van der Waals surface area contributed by atoms with Crippen molar-refractivity contribution in [3.63, 3.8) is 0 Å². The zero-order valence-electron chi connectivity index (χ0n) is 13.7. The van der Waals surface area contributed by atoms with Gasteiger partial charge in [0.25, 0.3) is 5.91 Å². The molecule has 0 bridgehead atoms. The van der Waals surface area contributed by atoms with E-state index in [2.05, 4.69) is 26.2 Å². The van der Waals surface area contributed by atoms with Crippen LogP contribution in [0.1, 0.15) is 29.6 Å². The standard InChI is InChI=1S/C16H19N7O2/c24-14(6-9-23-11-17-20-21-23)22-8-3-7-16(10-22)18-13-5-2-1-4-12(13)15(25)19-16/h1-2,4-5,11,18H,3,6-10H2,(H,19,25)/t16-/m1/s1. The van der Waals surface area contributed by atoms with E-state index >= 15 is 0 Å². The highest BCUT2D eigenvalue weighted by Crippen LogP contribution is 2.30. The lowest BCUT2D eigenvalue weighted by Gasteiger charge is -2.46. The molecular formula is C16H19N7O2. The first-order valence-electron chi connectivity index (χ1n) is 8.33. The lowest BCUT2D eigenvalue weighted by molar-refractivity contribution is -0.133. The number of rotatable bonds is 3. The van der Waals surface area contributed by atoms with Crippen molar-refractivity contribution in [2.24, 2.45) is 0 Å². The van der Waals surface area contributed by atoms with Gasteiger partial charge < -0.3 is 15.5 Å². The van der Waals surface area contributed by atoms with E-state index in [0.717, 1.165) is 18.5 Å². The van der Waals surface area contributed by atoms with Crippen molar-refractivity contribution in [3.8, 4) is 0 Å². The molecule has 0 saturated carbocycles. The molecule has 9 heteroatoms. The third-order valence-electron chi connectivity index (χ3n) is 4.69. The van der Waals surface area contributed by atoms with Gasteiger partial charge in [0.15, 0.2) is 0 Å². The maximum absolute atomic E-state index is 12.5. The van der Waals surface area contributed by atoms with Crippen LogP contribution in [0.5, 0.6) is 0 Å². The molecule has 2 N–H and O–H groups in total. The Hall–Kier alpha value is -2.97. The highest BCUT2D eigenvalue weighted by molar-refractivity contribution is 6.02. The first-order valence-corrected chi connectivity index (χ1v) is 8.33. The number of aryl methyl sites for hydroxylation is 1. The molecule has 1 aromatic carbocycles. The summed E-state index contributed by atoms with van der Waals surface area (Å²) in [6.45, 7) is 1.58. The fourth-order valence-electron chi connectivity index (χ4n) is 3.49. The van der Waals surface area contributed by atoms with Crippen LogP contribution >= 0.6 is 0 Å². The van der Waals surface area contributed by atoms with Crippen molar-refractivity contribution >= 4 is 17.5 Å². The molecular weight excluding hydrogens is 322 g/mol. The smallest absolute Gasteiger partial charge is 0.255 e. The molecule has 2 aliphatic rings. The molecule has 4 rings (SSSR count). The minimum Gasteiger partial charge on any atom is -0.361 e. The molecule has 1 atom stereocenters. The Kier molecular flexibility index (Phi) is 3.83. The van der Waals surface area contributed by atoms with Gasteiger partial charge in [0.2, 0.25) is 5.91 Å². The molecule has 2 aromatic rings. The summed E-state index contributed by atoms with van der Waals surface area (Å²) in [6, 6.07) is 7.43. The third kappa shape index (κ3) is 3.04. The van der Waals surface area contributed by atoms with Crippen molar-refractivity contribution in [2.75, 3.05) is 18.4 Å². The largest absolute Gasteiger partial charge is 0.361 e. The summed E-state index contributed by atoms with van der Waals surface area (Å²) in [7, 11) is 0. The monoisotopic (exact) mass is 341 g/mol. The van der Waals surface area contributed by atoms with E-state index in [1.54, 1.807) is 11.0 Å². The van der Waals surface area contributed by atoms with Crippen molar-refractivity contribution in [2.45, 2.75) is 31.5 Å². The normalized spacial score (nSPS) is 22.2. The Morgan fingerprint density at radius 3 is 3.00 bits per heavy atom. The van der Waals surface area contributed by atoms with Crippen LogP contribution in [0.25, 0.3) is 0 Å². The first kappa shape index (κ1) is 15.6. The lowest BCUT2D eigenvalue weighted by Crippen LogP contribution is -2.66. The van der Waals surface area contributed by atoms with Gasteiger partial charge in [0.1, 0.15) is 12.0 Å². The van der Waals surface area contributed by atoms with Crippen LogP contribution in [0.3, 0.4) is 0 Å². The summed E-state index contributed by atoms with van der Waals surface area (Å²) in [5.74, 6) is -0.0678. The fraction of sp³-hybridized carbons (Fsp3) is 0.438.